The summed E-state index contributed by atoms with van der Waals surface area (Å²) >= 11 is 0. The van der Waals surface area contributed by atoms with Gasteiger partial charge in [0.05, 0.1) is 12.7 Å². The molecular weight excluding hydrogens is 222 g/mol. The second-order valence-corrected chi connectivity index (χ2v) is 4.05. The summed E-state index contributed by atoms with van der Waals surface area (Å²) in [7, 11) is 1.32. The van der Waals surface area contributed by atoms with Crippen LogP contribution in [-0.4, -0.2) is 18.3 Å². The normalized spacial score (nSPS) is 12.4. The van der Waals surface area contributed by atoms with Gasteiger partial charge in [0.25, 0.3) is 0 Å². The lowest BCUT2D eigenvalue weighted by Crippen LogP contribution is -2.99. The molecule has 5 heteroatoms. The third-order valence-electron chi connectivity index (χ3n) is 3.23. The number of carbonyl (C=O) groups excluding carboxylic acids is 1. The average Bonchev–Trinajstić information content (AvgIpc) is 2.26. The molecule has 94 valence electrons. The number of carbonyl (C=O) groups is 1. The number of hydrogen-bond acceptors (Lipinski definition) is 4. The van der Waals surface area contributed by atoms with E-state index in [9.17, 15) is 10.0 Å². The topological polar surface area (TPSA) is 74.0 Å². The number of ether oxygens (including phenoxy) is 1. The molecule has 0 saturated carbocycles. The maximum absolute atomic E-state index is 11.7. The molecule has 17 heavy (non-hydrogen) atoms. The van der Waals surface area contributed by atoms with Crippen LogP contribution >= 0.6 is 0 Å². The fourth-order valence-corrected chi connectivity index (χ4v) is 2.04. The summed E-state index contributed by atoms with van der Waals surface area (Å²) in [5, 5.41) is 19.4. The summed E-state index contributed by atoms with van der Waals surface area (Å²) < 4.78 is 4.72. The van der Waals surface area contributed by atoms with Gasteiger partial charge in [-0.1, -0.05) is 0 Å². The number of quaternary nitrogens is 1. The third-order valence-corrected chi connectivity index (χ3v) is 3.23. The van der Waals surface area contributed by atoms with Gasteiger partial charge in [0, 0.05) is 11.1 Å². The van der Waals surface area contributed by atoms with Gasteiger partial charge >= 0.3 is 5.97 Å². The molecule has 1 rings (SSSR count). The maximum atomic E-state index is 11.7. The standard InChI is InChI=1S/C12H17NO4/c1-6-8(3)11(13(15)16)9(4)7(2)10(6)12(14)17-5/h13,15H,1-5H3. The Morgan fingerprint density at radius 2 is 1.53 bits per heavy atom. The van der Waals surface area contributed by atoms with Crippen molar-refractivity contribution in [2.45, 2.75) is 27.7 Å². The summed E-state index contributed by atoms with van der Waals surface area (Å²) in [5.74, 6) is -0.428. The molecule has 0 aliphatic rings. The Morgan fingerprint density at radius 3 is 1.82 bits per heavy atom. The van der Waals surface area contributed by atoms with Crippen LogP contribution in [-0.2, 0) is 4.74 Å². The Labute approximate surface area is 100 Å². The number of methoxy groups -OCH3 is 1. The minimum absolute atomic E-state index is 0.271. The Bertz CT molecular complexity index is 437. The summed E-state index contributed by atoms with van der Waals surface area (Å²) in [6, 6.07) is 0. The number of rotatable bonds is 2. The number of benzene rings is 1. The highest BCUT2D eigenvalue weighted by atomic mass is 16.8. The van der Waals surface area contributed by atoms with Gasteiger partial charge in [0.1, 0.15) is 0 Å². The van der Waals surface area contributed by atoms with Gasteiger partial charge in [-0.15, -0.1) is 0 Å². The summed E-state index contributed by atoms with van der Waals surface area (Å²) in [5.41, 5.74) is 3.29. The molecule has 0 spiro atoms. The van der Waals surface area contributed by atoms with Crippen LogP contribution in [0.5, 0.6) is 0 Å². The number of hydrogen-bond donors (Lipinski definition) is 2. The molecule has 0 radical (unpaired) electrons. The SMILES string of the molecule is COC(=O)c1c(C)c(C)c([NH+]([O-])O)c(C)c1C. The van der Waals surface area contributed by atoms with E-state index in [2.05, 4.69) is 0 Å². The molecule has 1 unspecified atom stereocenters. The Balaban J connectivity index is 3.64. The molecule has 5 nitrogen and oxygen atoms in total. The van der Waals surface area contributed by atoms with E-state index >= 15 is 0 Å². The van der Waals surface area contributed by atoms with Crippen molar-refractivity contribution in [3.63, 3.8) is 0 Å². The monoisotopic (exact) mass is 239 g/mol. The Hall–Kier alpha value is -1.43. The molecule has 0 aliphatic heterocycles. The molecule has 1 aromatic carbocycles. The van der Waals surface area contributed by atoms with E-state index in [1.54, 1.807) is 27.7 Å². The number of esters is 1. The smallest absolute Gasteiger partial charge is 0.338 e. The predicted octanol–water partition coefficient (Wildman–Crippen LogP) is 1.11. The van der Waals surface area contributed by atoms with E-state index in [4.69, 9.17) is 9.94 Å². The molecule has 1 aromatic rings. The van der Waals surface area contributed by atoms with Crippen LogP contribution in [0.1, 0.15) is 32.6 Å². The first kappa shape index (κ1) is 13.6. The fraction of sp³-hybridized carbons (Fsp3) is 0.417. The van der Waals surface area contributed by atoms with Gasteiger partial charge in [0.15, 0.2) is 5.69 Å². The van der Waals surface area contributed by atoms with Crippen LogP contribution in [0.2, 0.25) is 0 Å². The third kappa shape index (κ3) is 2.17. The van der Waals surface area contributed by atoms with Crippen molar-refractivity contribution in [1.82, 2.24) is 0 Å². The van der Waals surface area contributed by atoms with Gasteiger partial charge in [0.2, 0.25) is 0 Å². The van der Waals surface area contributed by atoms with E-state index in [0.717, 1.165) is 0 Å². The van der Waals surface area contributed by atoms with Crippen molar-refractivity contribution in [2.24, 2.45) is 0 Å². The minimum Gasteiger partial charge on any atom is -0.595 e. The maximum Gasteiger partial charge on any atom is 0.338 e. The van der Waals surface area contributed by atoms with E-state index in [0.29, 0.717) is 27.8 Å². The van der Waals surface area contributed by atoms with E-state index in [1.165, 1.54) is 7.11 Å². The van der Waals surface area contributed by atoms with Crippen molar-refractivity contribution in [3.8, 4) is 0 Å². The highest BCUT2D eigenvalue weighted by Gasteiger charge is 2.23. The van der Waals surface area contributed by atoms with Crippen molar-refractivity contribution in [2.75, 3.05) is 7.11 Å². The van der Waals surface area contributed by atoms with Crippen molar-refractivity contribution in [1.29, 1.82) is 0 Å². The molecular formula is C12H17NO4. The Morgan fingerprint density at radius 1 is 1.12 bits per heavy atom. The fourth-order valence-electron chi connectivity index (χ4n) is 2.04. The average molecular weight is 239 g/mol. The second-order valence-electron chi connectivity index (χ2n) is 4.05. The van der Waals surface area contributed by atoms with Crippen molar-refractivity contribution in [3.05, 3.63) is 33.0 Å². The van der Waals surface area contributed by atoms with Crippen LogP contribution in [0.25, 0.3) is 0 Å². The van der Waals surface area contributed by atoms with Crippen LogP contribution in [0.3, 0.4) is 0 Å². The molecule has 0 aromatic heterocycles. The van der Waals surface area contributed by atoms with Crippen molar-refractivity contribution >= 4 is 11.7 Å². The number of nitrogens with one attached hydrogen (secondary N) is 1. The molecule has 0 heterocycles. The zero-order chi connectivity index (χ0) is 13.3. The Kier molecular flexibility index (Phi) is 3.87. The molecule has 0 fully saturated rings. The van der Waals surface area contributed by atoms with Crippen LogP contribution in [0, 0.1) is 32.9 Å². The van der Waals surface area contributed by atoms with Gasteiger partial charge in [-0.25, -0.2) is 10.0 Å². The highest BCUT2D eigenvalue weighted by Crippen LogP contribution is 2.28. The first-order chi connectivity index (χ1) is 7.82. The first-order valence-electron chi connectivity index (χ1n) is 5.24. The van der Waals surface area contributed by atoms with Gasteiger partial charge in [-0.3, -0.25) is 0 Å². The molecule has 0 bridgehead atoms. The van der Waals surface area contributed by atoms with Crippen LogP contribution in [0.4, 0.5) is 5.69 Å². The van der Waals surface area contributed by atoms with Crippen LogP contribution in [0.15, 0.2) is 0 Å². The largest absolute Gasteiger partial charge is 0.595 e. The molecule has 0 aliphatic carbocycles. The molecule has 1 atom stereocenters. The quantitative estimate of drug-likeness (QED) is 0.599. The van der Waals surface area contributed by atoms with Gasteiger partial charge < -0.3 is 9.94 Å². The molecule has 2 N–H and O–H groups in total. The van der Waals surface area contributed by atoms with E-state index < -0.39 is 11.2 Å². The molecule has 0 saturated heterocycles. The lowest BCUT2D eigenvalue weighted by molar-refractivity contribution is -0.991. The van der Waals surface area contributed by atoms with E-state index in [-0.39, 0.29) is 5.69 Å². The summed E-state index contributed by atoms with van der Waals surface area (Å²) in [6.45, 7) is 6.89. The second kappa shape index (κ2) is 4.83. The summed E-state index contributed by atoms with van der Waals surface area (Å²) in [4.78, 5) is 11.7. The zero-order valence-electron chi connectivity index (χ0n) is 10.7. The van der Waals surface area contributed by atoms with Gasteiger partial charge in [-0.05, 0) is 38.8 Å². The van der Waals surface area contributed by atoms with E-state index in [1.807, 2.05) is 0 Å². The minimum atomic E-state index is -0.970. The van der Waals surface area contributed by atoms with Crippen molar-refractivity contribution < 1.29 is 20.0 Å². The predicted molar refractivity (Wildman–Crippen MR) is 62.5 cm³/mol. The highest BCUT2D eigenvalue weighted by molar-refractivity contribution is 5.94. The zero-order valence-corrected chi connectivity index (χ0v) is 10.7. The van der Waals surface area contributed by atoms with Crippen LogP contribution < -0.4 is 5.23 Å². The molecule has 0 amide bonds. The summed E-state index contributed by atoms with van der Waals surface area (Å²) in [6.07, 6.45) is 0. The first-order valence-corrected chi connectivity index (χ1v) is 5.24. The lowest BCUT2D eigenvalue weighted by Gasteiger charge is -2.21. The van der Waals surface area contributed by atoms with Gasteiger partial charge in [-0.2, -0.15) is 5.23 Å². The lowest BCUT2D eigenvalue weighted by atomic mass is 9.92.